The zero-order valence-corrected chi connectivity index (χ0v) is 11.9. The lowest BCUT2D eigenvalue weighted by molar-refractivity contribution is -0.137. The summed E-state index contributed by atoms with van der Waals surface area (Å²) in [5, 5.41) is 8.76. The van der Waals surface area contributed by atoms with Crippen LogP contribution in [0.3, 0.4) is 0 Å². The molecule has 0 bridgehead atoms. The molecule has 6 nitrogen and oxygen atoms in total. The van der Waals surface area contributed by atoms with Crippen molar-refractivity contribution in [3.05, 3.63) is 0 Å². The molecule has 0 saturated carbocycles. The number of hydrogen-bond acceptors (Lipinski definition) is 4. The maximum absolute atomic E-state index is 12.0. The van der Waals surface area contributed by atoms with Crippen molar-refractivity contribution in [2.45, 2.75) is 51.7 Å². The molecule has 1 rings (SSSR count). The molecular formula is C13H24N2O4. The Hall–Kier alpha value is -1.30. The summed E-state index contributed by atoms with van der Waals surface area (Å²) < 4.78 is 5.32. The van der Waals surface area contributed by atoms with Crippen LogP contribution in [0, 0.1) is 5.92 Å². The number of carboxylic acid groups (broad SMARTS) is 1. The minimum Gasteiger partial charge on any atom is -0.481 e. The minimum absolute atomic E-state index is 0.0253. The third-order valence-corrected chi connectivity index (χ3v) is 3.13. The van der Waals surface area contributed by atoms with Gasteiger partial charge < -0.3 is 20.5 Å². The van der Waals surface area contributed by atoms with Crippen molar-refractivity contribution >= 4 is 12.1 Å². The molecule has 0 aliphatic carbocycles. The predicted molar refractivity (Wildman–Crippen MR) is 70.8 cm³/mol. The normalized spacial score (nSPS) is 21.9. The molecule has 0 aromatic heterocycles. The maximum atomic E-state index is 12.0. The van der Waals surface area contributed by atoms with Gasteiger partial charge in [0, 0.05) is 19.1 Å². The van der Waals surface area contributed by atoms with Crippen molar-refractivity contribution in [1.29, 1.82) is 0 Å². The van der Waals surface area contributed by atoms with Gasteiger partial charge in [-0.3, -0.25) is 4.79 Å². The van der Waals surface area contributed by atoms with Crippen molar-refractivity contribution in [3.8, 4) is 0 Å². The summed E-state index contributed by atoms with van der Waals surface area (Å²) in [6, 6.07) is -0.414. The molecule has 0 spiro atoms. The lowest BCUT2D eigenvalue weighted by atomic mass is 9.89. The molecule has 3 N–H and O–H groups in total. The summed E-state index contributed by atoms with van der Waals surface area (Å²) >= 11 is 0. The first-order chi connectivity index (χ1) is 8.69. The largest absolute Gasteiger partial charge is 0.481 e. The molecule has 2 atom stereocenters. The second-order valence-electron chi connectivity index (χ2n) is 6.09. The van der Waals surface area contributed by atoms with Gasteiger partial charge in [-0.1, -0.05) is 0 Å². The summed E-state index contributed by atoms with van der Waals surface area (Å²) in [4.78, 5) is 24.2. The highest BCUT2D eigenvalue weighted by Gasteiger charge is 2.31. The van der Waals surface area contributed by atoms with Crippen LogP contribution in [-0.4, -0.2) is 46.8 Å². The van der Waals surface area contributed by atoms with E-state index in [2.05, 4.69) is 0 Å². The number of hydrogen-bond donors (Lipinski definition) is 2. The fourth-order valence-electron chi connectivity index (χ4n) is 2.22. The molecule has 1 fully saturated rings. The van der Waals surface area contributed by atoms with E-state index in [-0.39, 0.29) is 18.4 Å². The van der Waals surface area contributed by atoms with Crippen molar-refractivity contribution in [1.82, 2.24) is 4.90 Å². The highest BCUT2D eigenvalue weighted by atomic mass is 16.6. The second kappa shape index (κ2) is 6.23. The minimum atomic E-state index is -0.901. The molecule has 19 heavy (non-hydrogen) atoms. The van der Waals surface area contributed by atoms with Crippen LogP contribution in [0.4, 0.5) is 4.79 Å². The molecule has 1 saturated heterocycles. The molecule has 6 heteroatoms. The Morgan fingerprint density at radius 2 is 2.11 bits per heavy atom. The van der Waals surface area contributed by atoms with Gasteiger partial charge in [-0.05, 0) is 39.5 Å². The number of carbonyl (C=O) groups is 2. The lowest BCUT2D eigenvalue weighted by Gasteiger charge is -2.36. The Balaban J connectivity index is 2.54. The first kappa shape index (κ1) is 15.8. The molecule has 0 radical (unpaired) electrons. The number of piperidine rings is 1. The number of nitrogens with zero attached hydrogens (tertiary/aromatic N) is 1. The molecule has 0 unspecified atom stereocenters. The Kier molecular flexibility index (Phi) is 5.17. The van der Waals surface area contributed by atoms with Crippen molar-refractivity contribution in [2.24, 2.45) is 11.7 Å². The van der Waals surface area contributed by atoms with Crippen LogP contribution in [-0.2, 0) is 9.53 Å². The fourth-order valence-corrected chi connectivity index (χ4v) is 2.22. The van der Waals surface area contributed by atoms with Gasteiger partial charge in [-0.15, -0.1) is 0 Å². The van der Waals surface area contributed by atoms with Crippen LogP contribution in [0.1, 0.15) is 40.0 Å². The van der Waals surface area contributed by atoms with Gasteiger partial charge in [0.25, 0.3) is 0 Å². The third-order valence-electron chi connectivity index (χ3n) is 3.13. The second-order valence-corrected chi connectivity index (χ2v) is 6.09. The van der Waals surface area contributed by atoms with Crippen LogP contribution >= 0.6 is 0 Å². The van der Waals surface area contributed by atoms with Crippen LogP contribution in [0.2, 0.25) is 0 Å². The third kappa shape index (κ3) is 5.46. The highest BCUT2D eigenvalue weighted by molar-refractivity contribution is 5.68. The van der Waals surface area contributed by atoms with Crippen LogP contribution in [0.5, 0.6) is 0 Å². The van der Waals surface area contributed by atoms with Crippen LogP contribution in [0.15, 0.2) is 0 Å². The highest BCUT2D eigenvalue weighted by Crippen LogP contribution is 2.22. The zero-order valence-electron chi connectivity index (χ0n) is 11.9. The smallest absolute Gasteiger partial charge is 0.410 e. The number of carboxylic acids is 1. The van der Waals surface area contributed by atoms with E-state index in [1.54, 1.807) is 4.90 Å². The van der Waals surface area contributed by atoms with E-state index in [9.17, 15) is 9.59 Å². The van der Waals surface area contributed by atoms with Gasteiger partial charge >= 0.3 is 12.1 Å². The average Bonchev–Trinajstić information content (AvgIpc) is 2.26. The predicted octanol–water partition coefficient (Wildman–Crippen LogP) is 1.44. The van der Waals surface area contributed by atoms with Gasteiger partial charge in [0.2, 0.25) is 0 Å². The summed E-state index contributed by atoms with van der Waals surface area (Å²) in [6.45, 7) is 6.59. The summed E-state index contributed by atoms with van der Waals surface area (Å²) in [7, 11) is 0. The molecule has 1 amide bonds. The van der Waals surface area contributed by atoms with Gasteiger partial charge in [0.15, 0.2) is 0 Å². The Labute approximate surface area is 113 Å². The number of carbonyl (C=O) groups excluding carboxylic acids is 1. The lowest BCUT2D eigenvalue weighted by Crippen LogP contribution is -2.48. The quantitative estimate of drug-likeness (QED) is 0.810. The monoisotopic (exact) mass is 272 g/mol. The van der Waals surface area contributed by atoms with Crippen LogP contribution < -0.4 is 5.73 Å². The number of likely N-dealkylation sites (tertiary alicyclic amines) is 1. The van der Waals surface area contributed by atoms with E-state index in [1.165, 1.54) is 0 Å². The molecule has 0 aromatic carbocycles. The van der Waals surface area contributed by atoms with E-state index in [0.717, 1.165) is 12.8 Å². The van der Waals surface area contributed by atoms with E-state index in [0.29, 0.717) is 13.1 Å². The molecule has 1 aliphatic rings. The molecule has 1 heterocycles. The van der Waals surface area contributed by atoms with E-state index in [1.807, 2.05) is 20.8 Å². The zero-order chi connectivity index (χ0) is 14.6. The summed E-state index contributed by atoms with van der Waals surface area (Å²) in [5.41, 5.74) is 5.36. The Morgan fingerprint density at radius 1 is 1.47 bits per heavy atom. The average molecular weight is 272 g/mol. The van der Waals surface area contributed by atoms with E-state index >= 15 is 0 Å². The van der Waals surface area contributed by atoms with E-state index < -0.39 is 17.6 Å². The number of amides is 1. The van der Waals surface area contributed by atoms with Crippen molar-refractivity contribution in [2.75, 3.05) is 13.1 Å². The number of nitrogens with two attached hydrogens (primary N) is 1. The first-order valence-electron chi connectivity index (χ1n) is 6.64. The van der Waals surface area contributed by atoms with Gasteiger partial charge in [0.1, 0.15) is 5.60 Å². The van der Waals surface area contributed by atoms with Crippen LogP contribution in [0.25, 0.3) is 0 Å². The number of rotatable bonds is 3. The summed E-state index contributed by atoms with van der Waals surface area (Å²) in [6.07, 6.45) is 1.28. The SMILES string of the molecule is CC(C)(C)OC(=O)N1CCC[C@H]([C@H](N)CC(=O)O)C1. The van der Waals surface area contributed by atoms with Crippen molar-refractivity contribution < 1.29 is 19.4 Å². The van der Waals surface area contributed by atoms with E-state index in [4.69, 9.17) is 15.6 Å². The number of aliphatic carboxylic acids is 1. The summed E-state index contributed by atoms with van der Waals surface area (Å²) in [5.74, 6) is -0.876. The standard InChI is InChI=1S/C13H24N2O4/c1-13(2,3)19-12(18)15-6-4-5-9(8-15)10(14)7-11(16)17/h9-10H,4-8,14H2,1-3H3,(H,16,17)/t9-,10+/m0/s1. The molecule has 0 aromatic rings. The number of ether oxygens (including phenoxy) is 1. The van der Waals surface area contributed by atoms with Crippen molar-refractivity contribution in [3.63, 3.8) is 0 Å². The first-order valence-corrected chi connectivity index (χ1v) is 6.64. The molecular weight excluding hydrogens is 248 g/mol. The molecule has 110 valence electrons. The fraction of sp³-hybridized carbons (Fsp3) is 0.846. The Morgan fingerprint density at radius 3 is 2.63 bits per heavy atom. The Bertz CT molecular complexity index is 338. The molecule has 1 aliphatic heterocycles. The van der Waals surface area contributed by atoms with Gasteiger partial charge in [-0.2, -0.15) is 0 Å². The van der Waals surface area contributed by atoms with Gasteiger partial charge in [-0.25, -0.2) is 4.79 Å². The topological polar surface area (TPSA) is 92.9 Å². The van der Waals surface area contributed by atoms with Gasteiger partial charge in [0.05, 0.1) is 6.42 Å². The maximum Gasteiger partial charge on any atom is 0.410 e.